The third-order valence-corrected chi connectivity index (χ3v) is 4.82. The maximum Gasteiger partial charge on any atom is 0.278 e. The largest absolute Gasteiger partial charge is 0.281 e. The number of carbonyl (C=O) groups excluding carboxylic acids is 1. The van der Waals surface area contributed by atoms with Crippen LogP contribution >= 0.6 is 35.0 Å². The average molecular weight is 377 g/mol. The Morgan fingerprint density at radius 1 is 1.12 bits per heavy atom. The third-order valence-electron chi connectivity index (χ3n) is 3.55. The molecule has 1 aliphatic heterocycles. The lowest BCUT2D eigenvalue weighted by Crippen LogP contribution is -2.29. The highest BCUT2D eigenvalue weighted by Gasteiger charge is 2.29. The van der Waals surface area contributed by atoms with Gasteiger partial charge in [-0.1, -0.05) is 65.3 Å². The van der Waals surface area contributed by atoms with Crippen LogP contribution in [0.2, 0.25) is 10.0 Å². The van der Waals surface area contributed by atoms with Gasteiger partial charge in [0.1, 0.15) is 5.70 Å². The average Bonchev–Trinajstić information content (AvgIpc) is 2.88. The van der Waals surface area contributed by atoms with Crippen molar-refractivity contribution < 1.29 is 4.79 Å². The van der Waals surface area contributed by atoms with Crippen molar-refractivity contribution in [1.29, 1.82) is 0 Å². The summed E-state index contributed by atoms with van der Waals surface area (Å²) >= 11 is 13.5. The second-order valence-electron chi connectivity index (χ2n) is 5.17. The molecule has 0 saturated carbocycles. The van der Waals surface area contributed by atoms with Crippen LogP contribution in [0, 0.1) is 0 Å². The van der Waals surface area contributed by atoms with E-state index in [0.717, 1.165) is 11.1 Å². The van der Waals surface area contributed by atoms with Gasteiger partial charge >= 0.3 is 0 Å². The highest BCUT2D eigenvalue weighted by Crippen LogP contribution is 2.26. The molecule has 3 rings (SSSR count). The zero-order valence-corrected chi connectivity index (χ0v) is 15.2. The molecule has 0 saturated heterocycles. The van der Waals surface area contributed by atoms with Gasteiger partial charge in [0.25, 0.3) is 5.91 Å². The molecule has 0 atom stereocenters. The van der Waals surface area contributed by atoms with E-state index in [4.69, 9.17) is 23.2 Å². The Labute approximate surface area is 155 Å². The molecule has 0 unspecified atom stereocenters. The molecular formula is C18H14Cl2N2OS. The molecule has 122 valence electrons. The number of aliphatic imine (C=N–C) groups is 1. The van der Waals surface area contributed by atoms with Gasteiger partial charge in [0.05, 0.1) is 6.54 Å². The van der Waals surface area contributed by atoms with Gasteiger partial charge in [-0.15, -0.1) is 0 Å². The summed E-state index contributed by atoms with van der Waals surface area (Å²) in [7, 11) is 0. The first-order chi connectivity index (χ1) is 11.6. The molecule has 1 heterocycles. The summed E-state index contributed by atoms with van der Waals surface area (Å²) in [5, 5.41) is 1.94. The van der Waals surface area contributed by atoms with Crippen LogP contribution in [-0.2, 0) is 11.3 Å². The fraction of sp³-hybridized carbons (Fsp3) is 0.111. The van der Waals surface area contributed by atoms with Crippen molar-refractivity contribution in [1.82, 2.24) is 4.90 Å². The fourth-order valence-corrected chi connectivity index (χ4v) is 3.21. The van der Waals surface area contributed by atoms with E-state index in [2.05, 4.69) is 4.99 Å². The predicted octanol–water partition coefficient (Wildman–Crippen LogP) is 5.10. The van der Waals surface area contributed by atoms with Crippen molar-refractivity contribution in [2.45, 2.75) is 6.54 Å². The standard InChI is InChI=1S/C18H14Cl2N2OS/c1-24-18-21-16(10-13-4-2-3-5-15(13)20)17(23)22(18)11-12-6-8-14(19)9-7-12/h2-10H,11H2,1H3/b16-10-. The van der Waals surface area contributed by atoms with Gasteiger partial charge in [-0.2, -0.15) is 0 Å². The number of thioether (sulfide) groups is 1. The Bertz CT molecular complexity index is 831. The number of amidine groups is 1. The highest BCUT2D eigenvalue weighted by molar-refractivity contribution is 8.13. The summed E-state index contributed by atoms with van der Waals surface area (Å²) in [5.41, 5.74) is 2.16. The molecular weight excluding hydrogens is 363 g/mol. The van der Waals surface area contributed by atoms with E-state index >= 15 is 0 Å². The molecule has 1 aliphatic rings. The van der Waals surface area contributed by atoms with Crippen LogP contribution in [0.5, 0.6) is 0 Å². The molecule has 0 N–H and O–H groups in total. The van der Waals surface area contributed by atoms with E-state index in [1.54, 1.807) is 17.0 Å². The first-order valence-corrected chi connectivity index (χ1v) is 9.22. The van der Waals surface area contributed by atoms with Gasteiger partial charge in [0.2, 0.25) is 0 Å². The zero-order valence-electron chi connectivity index (χ0n) is 12.9. The molecule has 0 aliphatic carbocycles. The van der Waals surface area contributed by atoms with Crippen molar-refractivity contribution in [3.63, 3.8) is 0 Å². The first kappa shape index (κ1) is 17.1. The van der Waals surface area contributed by atoms with E-state index < -0.39 is 0 Å². The molecule has 2 aromatic rings. The molecule has 0 fully saturated rings. The number of nitrogens with zero attached hydrogens (tertiary/aromatic N) is 2. The lowest BCUT2D eigenvalue weighted by atomic mass is 10.2. The van der Waals surface area contributed by atoms with Crippen LogP contribution in [0.3, 0.4) is 0 Å². The summed E-state index contributed by atoms with van der Waals surface area (Å²) in [4.78, 5) is 18.8. The third kappa shape index (κ3) is 3.66. The molecule has 2 aromatic carbocycles. The van der Waals surface area contributed by atoms with Gasteiger partial charge in [0.15, 0.2) is 5.17 Å². The Morgan fingerprint density at radius 3 is 2.50 bits per heavy atom. The van der Waals surface area contributed by atoms with E-state index in [1.165, 1.54) is 11.8 Å². The maximum atomic E-state index is 12.7. The lowest BCUT2D eigenvalue weighted by molar-refractivity contribution is -0.122. The first-order valence-electron chi connectivity index (χ1n) is 7.23. The summed E-state index contributed by atoms with van der Waals surface area (Å²) in [5.74, 6) is -0.130. The molecule has 3 nitrogen and oxygen atoms in total. The number of carbonyl (C=O) groups is 1. The van der Waals surface area contributed by atoms with Gasteiger partial charge in [-0.25, -0.2) is 4.99 Å². The highest BCUT2D eigenvalue weighted by atomic mass is 35.5. The van der Waals surface area contributed by atoms with Crippen LogP contribution < -0.4 is 0 Å². The molecule has 0 radical (unpaired) electrons. The Hall–Kier alpha value is -1.75. The number of rotatable bonds is 3. The molecule has 6 heteroatoms. The topological polar surface area (TPSA) is 32.7 Å². The van der Waals surface area contributed by atoms with Gasteiger partial charge in [-0.05, 0) is 41.7 Å². The van der Waals surface area contributed by atoms with E-state index in [9.17, 15) is 4.79 Å². The van der Waals surface area contributed by atoms with Gasteiger partial charge < -0.3 is 0 Å². The summed E-state index contributed by atoms with van der Waals surface area (Å²) < 4.78 is 0. The minimum Gasteiger partial charge on any atom is -0.281 e. The van der Waals surface area contributed by atoms with Gasteiger partial charge in [-0.3, -0.25) is 9.69 Å². The Kier molecular flexibility index (Phi) is 5.29. The second-order valence-corrected chi connectivity index (χ2v) is 6.78. The second kappa shape index (κ2) is 7.43. The number of amides is 1. The quantitative estimate of drug-likeness (QED) is 0.698. The van der Waals surface area contributed by atoms with Crippen LogP contribution in [0.1, 0.15) is 11.1 Å². The Morgan fingerprint density at radius 2 is 1.83 bits per heavy atom. The zero-order chi connectivity index (χ0) is 17.1. The molecule has 0 aromatic heterocycles. The molecule has 0 spiro atoms. The van der Waals surface area contributed by atoms with Gasteiger partial charge in [0, 0.05) is 10.0 Å². The monoisotopic (exact) mass is 376 g/mol. The smallest absolute Gasteiger partial charge is 0.278 e. The fourth-order valence-electron chi connectivity index (χ4n) is 2.34. The SMILES string of the molecule is CSC1=N/C(=C\c2ccccc2Cl)C(=O)N1Cc1ccc(Cl)cc1. The van der Waals surface area contributed by atoms with Crippen molar-refractivity contribution >= 4 is 52.1 Å². The van der Waals surface area contributed by atoms with Crippen molar-refractivity contribution in [3.8, 4) is 0 Å². The minimum atomic E-state index is -0.130. The summed E-state index contributed by atoms with van der Waals surface area (Å²) in [6.07, 6.45) is 3.63. The predicted molar refractivity (Wildman–Crippen MR) is 102 cm³/mol. The van der Waals surface area contributed by atoms with Crippen molar-refractivity contribution in [2.24, 2.45) is 4.99 Å². The van der Waals surface area contributed by atoms with Crippen LogP contribution in [0.25, 0.3) is 6.08 Å². The van der Waals surface area contributed by atoms with E-state index in [1.807, 2.05) is 48.7 Å². The van der Waals surface area contributed by atoms with Crippen LogP contribution in [0.15, 0.2) is 59.2 Å². The number of benzene rings is 2. The van der Waals surface area contributed by atoms with E-state index in [-0.39, 0.29) is 5.91 Å². The van der Waals surface area contributed by atoms with Crippen molar-refractivity contribution in [2.75, 3.05) is 6.26 Å². The maximum absolute atomic E-state index is 12.7. The Balaban J connectivity index is 1.88. The van der Waals surface area contributed by atoms with E-state index in [0.29, 0.717) is 27.5 Å². The number of hydrogen-bond acceptors (Lipinski definition) is 3. The minimum absolute atomic E-state index is 0.130. The van der Waals surface area contributed by atoms with Crippen LogP contribution in [-0.4, -0.2) is 22.2 Å². The number of halogens is 2. The summed E-state index contributed by atoms with van der Waals surface area (Å²) in [6.45, 7) is 0.454. The number of hydrogen-bond donors (Lipinski definition) is 0. The molecule has 24 heavy (non-hydrogen) atoms. The molecule has 0 bridgehead atoms. The van der Waals surface area contributed by atoms with Crippen molar-refractivity contribution in [3.05, 3.63) is 75.4 Å². The molecule has 1 amide bonds. The normalized spacial score (nSPS) is 16.0. The van der Waals surface area contributed by atoms with Crippen LogP contribution in [0.4, 0.5) is 0 Å². The summed E-state index contributed by atoms with van der Waals surface area (Å²) in [6, 6.07) is 14.8. The lowest BCUT2D eigenvalue weighted by Gasteiger charge is -2.16.